The van der Waals surface area contributed by atoms with Crippen LogP contribution in [0.5, 0.6) is 0 Å². The number of carbonyl (C=O) groups excluding carboxylic acids is 3. The van der Waals surface area contributed by atoms with Crippen molar-refractivity contribution in [1.29, 1.82) is 0 Å². The van der Waals surface area contributed by atoms with Crippen molar-refractivity contribution in [2.75, 3.05) is 19.6 Å². The molecule has 2 saturated heterocycles. The highest BCUT2D eigenvalue weighted by atomic mass is 16.2. The Morgan fingerprint density at radius 1 is 1.11 bits per heavy atom. The lowest BCUT2D eigenvalue weighted by atomic mass is 10.0. The van der Waals surface area contributed by atoms with Crippen LogP contribution in [0.25, 0.3) is 0 Å². The van der Waals surface area contributed by atoms with Gasteiger partial charge in [0, 0.05) is 25.0 Å². The summed E-state index contributed by atoms with van der Waals surface area (Å²) in [6, 6.07) is -0.324. The second-order valence-corrected chi connectivity index (χ2v) is 5.25. The van der Waals surface area contributed by atoms with E-state index < -0.39 is 0 Å². The van der Waals surface area contributed by atoms with Crippen LogP contribution < -0.4 is 5.32 Å². The van der Waals surface area contributed by atoms with Gasteiger partial charge in [-0.1, -0.05) is 0 Å². The number of imide groups is 1. The number of piperidine rings is 1. The molecule has 3 aliphatic rings. The largest absolute Gasteiger partial charge is 0.342 e. The molecule has 3 rings (SSSR count). The van der Waals surface area contributed by atoms with Gasteiger partial charge in [-0.3, -0.25) is 14.5 Å². The van der Waals surface area contributed by atoms with Crippen LogP contribution in [0, 0.1) is 5.92 Å². The summed E-state index contributed by atoms with van der Waals surface area (Å²) in [4.78, 5) is 38.2. The Labute approximate surface area is 105 Å². The summed E-state index contributed by atoms with van der Waals surface area (Å²) in [6.45, 7) is 1.44. The molecule has 4 amide bonds. The summed E-state index contributed by atoms with van der Waals surface area (Å²) >= 11 is 0. The number of hydrogen-bond donors (Lipinski definition) is 1. The molecule has 1 saturated carbocycles. The monoisotopic (exact) mass is 251 g/mol. The van der Waals surface area contributed by atoms with Crippen molar-refractivity contribution in [2.24, 2.45) is 5.92 Å². The average Bonchev–Trinajstić information content (AvgIpc) is 3.16. The van der Waals surface area contributed by atoms with E-state index >= 15 is 0 Å². The Balaban J connectivity index is 1.57. The predicted octanol–water partition coefficient (Wildman–Crippen LogP) is -0.0608. The van der Waals surface area contributed by atoms with Crippen molar-refractivity contribution in [3.63, 3.8) is 0 Å². The molecule has 2 aliphatic heterocycles. The number of likely N-dealkylation sites (tertiary alicyclic amines) is 1. The van der Waals surface area contributed by atoms with Crippen LogP contribution in [-0.2, 0) is 9.59 Å². The normalized spacial score (nSPS) is 25.6. The van der Waals surface area contributed by atoms with Crippen molar-refractivity contribution in [1.82, 2.24) is 15.1 Å². The Kier molecular flexibility index (Phi) is 2.72. The molecule has 3 fully saturated rings. The van der Waals surface area contributed by atoms with E-state index in [1.165, 1.54) is 4.90 Å². The first-order chi connectivity index (χ1) is 8.66. The molecule has 2 heterocycles. The van der Waals surface area contributed by atoms with Gasteiger partial charge < -0.3 is 10.2 Å². The van der Waals surface area contributed by atoms with Gasteiger partial charge in [0.05, 0.1) is 6.54 Å². The number of urea groups is 1. The van der Waals surface area contributed by atoms with Crippen LogP contribution in [0.3, 0.4) is 0 Å². The SMILES string of the molecule is O=C(C1CC1)N1CCC(N2C(=O)CNC2=O)CC1. The quantitative estimate of drug-likeness (QED) is 0.699. The van der Waals surface area contributed by atoms with Crippen LogP contribution in [0.2, 0.25) is 0 Å². The molecule has 0 unspecified atom stereocenters. The van der Waals surface area contributed by atoms with E-state index in [1.807, 2.05) is 4.90 Å². The van der Waals surface area contributed by atoms with Crippen molar-refractivity contribution >= 4 is 17.8 Å². The minimum Gasteiger partial charge on any atom is -0.342 e. The maximum atomic E-state index is 11.9. The second kappa shape index (κ2) is 4.26. The highest BCUT2D eigenvalue weighted by Gasteiger charge is 2.39. The standard InChI is InChI=1S/C12H17N3O3/c16-10-7-13-12(18)15(10)9-3-5-14(6-4-9)11(17)8-1-2-8/h8-9H,1-7H2,(H,13,18). The van der Waals surface area contributed by atoms with E-state index in [0.29, 0.717) is 25.9 Å². The molecule has 0 spiro atoms. The third-order valence-electron chi connectivity index (χ3n) is 3.95. The van der Waals surface area contributed by atoms with Gasteiger partial charge in [-0.05, 0) is 25.7 Å². The summed E-state index contributed by atoms with van der Waals surface area (Å²) < 4.78 is 0. The molecule has 98 valence electrons. The Hall–Kier alpha value is -1.59. The van der Waals surface area contributed by atoms with Crippen molar-refractivity contribution in [3.8, 4) is 0 Å². The summed E-state index contributed by atoms with van der Waals surface area (Å²) in [7, 11) is 0. The van der Waals surface area contributed by atoms with Crippen LogP contribution in [0.1, 0.15) is 25.7 Å². The van der Waals surface area contributed by atoms with E-state index in [1.54, 1.807) is 0 Å². The molecule has 0 atom stereocenters. The van der Waals surface area contributed by atoms with E-state index in [-0.39, 0.29) is 36.3 Å². The minimum absolute atomic E-state index is 0.0387. The van der Waals surface area contributed by atoms with E-state index in [2.05, 4.69) is 5.32 Å². The number of nitrogens with zero attached hydrogens (tertiary/aromatic N) is 2. The van der Waals surface area contributed by atoms with Crippen LogP contribution >= 0.6 is 0 Å². The lowest BCUT2D eigenvalue weighted by molar-refractivity contribution is -0.134. The first kappa shape index (κ1) is 11.5. The maximum Gasteiger partial charge on any atom is 0.324 e. The molecule has 0 aromatic carbocycles. The van der Waals surface area contributed by atoms with Crippen molar-refractivity contribution in [3.05, 3.63) is 0 Å². The molecule has 0 aromatic heterocycles. The summed E-state index contributed by atoms with van der Waals surface area (Å²) in [5.74, 6) is 0.357. The Morgan fingerprint density at radius 3 is 2.28 bits per heavy atom. The molecule has 0 aromatic rings. The van der Waals surface area contributed by atoms with Gasteiger partial charge in [-0.15, -0.1) is 0 Å². The third kappa shape index (κ3) is 1.95. The van der Waals surface area contributed by atoms with Crippen LogP contribution in [-0.4, -0.2) is 53.3 Å². The van der Waals surface area contributed by atoms with Crippen LogP contribution in [0.4, 0.5) is 4.79 Å². The summed E-state index contributed by atoms with van der Waals surface area (Å²) in [5.41, 5.74) is 0. The van der Waals surface area contributed by atoms with Crippen molar-refractivity contribution < 1.29 is 14.4 Å². The topological polar surface area (TPSA) is 69.7 Å². The molecule has 0 radical (unpaired) electrons. The fourth-order valence-electron chi connectivity index (χ4n) is 2.74. The smallest absolute Gasteiger partial charge is 0.324 e. The molecular formula is C12H17N3O3. The maximum absolute atomic E-state index is 11.9. The van der Waals surface area contributed by atoms with Crippen LogP contribution in [0.15, 0.2) is 0 Å². The fourth-order valence-corrected chi connectivity index (χ4v) is 2.74. The number of hydrogen-bond acceptors (Lipinski definition) is 3. The lowest BCUT2D eigenvalue weighted by Crippen LogP contribution is -2.49. The number of carbonyl (C=O) groups is 3. The predicted molar refractivity (Wildman–Crippen MR) is 62.6 cm³/mol. The highest BCUT2D eigenvalue weighted by Crippen LogP contribution is 2.32. The van der Waals surface area contributed by atoms with Gasteiger partial charge >= 0.3 is 6.03 Å². The first-order valence-corrected chi connectivity index (χ1v) is 6.55. The average molecular weight is 251 g/mol. The molecule has 18 heavy (non-hydrogen) atoms. The highest BCUT2D eigenvalue weighted by molar-refractivity contribution is 6.02. The van der Waals surface area contributed by atoms with E-state index in [9.17, 15) is 14.4 Å². The Morgan fingerprint density at radius 2 is 1.78 bits per heavy atom. The van der Waals surface area contributed by atoms with Gasteiger partial charge in [-0.2, -0.15) is 0 Å². The van der Waals surface area contributed by atoms with Gasteiger partial charge in [0.25, 0.3) is 0 Å². The summed E-state index contributed by atoms with van der Waals surface area (Å²) in [6.07, 6.45) is 3.45. The third-order valence-corrected chi connectivity index (χ3v) is 3.95. The second-order valence-electron chi connectivity index (χ2n) is 5.25. The molecule has 1 aliphatic carbocycles. The number of rotatable bonds is 2. The zero-order valence-corrected chi connectivity index (χ0v) is 10.2. The van der Waals surface area contributed by atoms with E-state index in [4.69, 9.17) is 0 Å². The van der Waals surface area contributed by atoms with Gasteiger partial charge in [0.1, 0.15) is 0 Å². The van der Waals surface area contributed by atoms with Crippen molar-refractivity contribution in [2.45, 2.75) is 31.7 Å². The molecule has 6 nitrogen and oxygen atoms in total. The summed E-state index contributed by atoms with van der Waals surface area (Å²) in [5, 5.41) is 2.54. The minimum atomic E-state index is -0.285. The number of amides is 4. The van der Waals surface area contributed by atoms with Gasteiger partial charge in [0.2, 0.25) is 11.8 Å². The Bertz CT molecular complexity index is 381. The van der Waals surface area contributed by atoms with Gasteiger partial charge in [-0.25, -0.2) is 4.79 Å². The molecule has 0 bridgehead atoms. The molecular weight excluding hydrogens is 234 g/mol. The zero-order valence-electron chi connectivity index (χ0n) is 10.2. The lowest BCUT2D eigenvalue weighted by Gasteiger charge is -2.35. The van der Waals surface area contributed by atoms with Gasteiger partial charge in [0.15, 0.2) is 0 Å². The first-order valence-electron chi connectivity index (χ1n) is 6.55. The zero-order chi connectivity index (χ0) is 12.7. The molecule has 6 heteroatoms. The number of nitrogens with one attached hydrogen (secondary N) is 1. The fraction of sp³-hybridized carbons (Fsp3) is 0.750. The molecule has 1 N–H and O–H groups in total. The van der Waals surface area contributed by atoms with E-state index in [0.717, 1.165) is 12.8 Å².